The molecule has 3 heterocycles. The van der Waals surface area contributed by atoms with Crippen LogP contribution >= 0.6 is 0 Å². The Balaban J connectivity index is 1.30. The molecule has 0 spiro atoms. The van der Waals surface area contributed by atoms with Gasteiger partial charge in [-0.2, -0.15) is 0 Å². The summed E-state index contributed by atoms with van der Waals surface area (Å²) >= 11 is 0. The van der Waals surface area contributed by atoms with Crippen LogP contribution in [-0.4, -0.2) is 44.5 Å². The maximum atomic E-state index is 13.9. The molecule has 0 aliphatic rings. The van der Waals surface area contributed by atoms with Crippen molar-refractivity contribution in [3.63, 3.8) is 0 Å². The fourth-order valence-corrected chi connectivity index (χ4v) is 5.60. The number of nitrogens with two attached hydrogens (primary N) is 1. The summed E-state index contributed by atoms with van der Waals surface area (Å²) in [5.74, 6) is 0.874. The fourth-order valence-electron chi connectivity index (χ4n) is 5.09. The number of pyridine rings is 2. The van der Waals surface area contributed by atoms with Gasteiger partial charge in [0, 0.05) is 28.9 Å². The molecule has 0 unspecified atom stereocenters. The molecule has 0 saturated carbocycles. The van der Waals surface area contributed by atoms with Crippen molar-refractivity contribution in [3.8, 4) is 17.2 Å². The number of aromatic nitrogens is 2. The van der Waals surface area contributed by atoms with Crippen LogP contribution in [0.4, 0.5) is 0 Å². The van der Waals surface area contributed by atoms with Crippen molar-refractivity contribution in [2.45, 2.75) is 11.4 Å². The summed E-state index contributed by atoms with van der Waals surface area (Å²) in [7, 11) is -0.774. The number of rotatable bonds is 8. The van der Waals surface area contributed by atoms with Gasteiger partial charge in [-0.25, -0.2) is 13.6 Å². The predicted molar refractivity (Wildman–Crippen MR) is 153 cm³/mol. The highest BCUT2D eigenvalue weighted by Gasteiger charge is 2.22. The highest BCUT2D eigenvalue weighted by atomic mass is 32.2. The number of hydrogen-bond acceptors (Lipinski definition) is 8. The van der Waals surface area contributed by atoms with Crippen LogP contribution in [0.5, 0.6) is 17.2 Å². The molecule has 0 aliphatic carbocycles. The topological polar surface area (TPSA) is 151 Å². The van der Waals surface area contributed by atoms with Crippen LogP contribution in [0, 0.1) is 0 Å². The van der Waals surface area contributed by atoms with Crippen LogP contribution in [-0.2, 0) is 21.4 Å². The minimum atomic E-state index is -3.78. The molecular weight excluding hydrogens is 548 g/mol. The molecule has 0 aliphatic heterocycles. The summed E-state index contributed by atoms with van der Waals surface area (Å²) in [5.41, 5.74) is 2.43. The average molecular weight is 573 g/mol. The maximum Gasteiger partial charge on any atom is 0.267 e. The molecule has 3 N–H and O–H groups in total. The van der Waals surface area contributed by atoms with E-state index in [1.54, 1.807) is 53.1 Å². The van der Waals surface area contributed by atoms with E-state index in [9.17, 15) is 18.0 Å². The summed E-state index contributed by atoms with van der Waals surface area (Å²) in [6.45, 7) is -0.0557. The first kappa shape index (κ1) is 26.3. The van der Waals surface area contributed by atoms with Crippen molar-refractivity contribution < 1.29 is 27.4 Å². The molecule has 0 bridgehead atoms. The molecular formula is C29H24N4O7S. The van der Waals surface area contributed by atoms with Gasteiger partial charge in [-0.3, -0.25) is 19.0 Å². The van der Waals surface area contributed by atoms with Gasteiger partial charge < -0.3 is 19.5 Å². The van der Waals surface area contributed by atoms with Gasteiger partial charge in [0.25, 0.3) is 11.5 Å². The van der Waals surface area contributed by atoms with Crippen LogP contribution in [0.15, 0.2) is 76.6 Å². The highest BCUT2D eigenvalue weighted by molar-refractivity contribution is 7.89. The van der Waals surface area contributed by atoms with Crippen molar-refractivity contribution in [3.05, 3.63) is 82.8 Å². The van der Waals surface area contributed by atoms with Gasteiger partial charge in [-0.1, -0.05) is 12.1 Å². The Bertz CT molecular complexity index is 2140. The molecule has 41 heavy (non-hydrogen) atoms. The number of fused-ring (bicyclic) bond motifs is 5. The Morgan fingerprint density at radius 1 is 0.976 bits per heavy atom. The van der Waals surface area contributed by atoms with Crippen molar-refractivity contribution in [2.75, 3.05) is 20.8 Å². The van der Waals surface area contributed by atoms with E-state index < -0.39 is 10.0 Å². The first-order chi connectivity index (χ1) is 19.7. The number of amides is 1. The van der Waals surface area contributed by atoms with E-state index in [2.05, 4.69) is 10.3 Å². The SMILES string of the molecule is COc1ccc2c(c1OC)c(=O)n1c3ccc(OCC(=O)NCc4ccc(S(N)(=O)=O)cc4)cc3c3ccnc2c31. The summed E-state index contributed by atoms with van der Waals surface area (Å²) < 4.78 is 41.2. The van der Waals surface area contributed by atoms with Gasteiger partial charge in [0.2, 0.25) is 10.0 Å². The quantitative estimate of drug-likeness (QED) is 0.264. The zero-order valence-corrected chi connectivity index (χ0v) is 22.8. The molecule has 0 fully saturated rings. The number of methoxy groups -OCH3 is 2. The molecule has 12 heteroatoms. The van der Waals surface area contributed by atoms with Crippen molar-refractivity contribution in [1.29, 1.82) is 0 Å². The molecule has 0 saturated heterocycles. The highest BCUT2D eigenvalue weighted by Crippen LogP contribution is 2.39. The fraction of sp³-hybridized carbons (Fsp3) is 0.138. The number of carbonyl (C=O) groups is 1. The number of primary sulfonamides is 1. The largest absolute Gasteiger partial charge is 0.493 e. The van der Waals surface area contributed by atoms with Crippen LogP contribution < -0.4 is 30.2 Å². The third-order valence-corrected chi connectivity index (χ3v) is 7.91. The smallest absolute Gasteiger partial charge is 0.267 e. The van der Waals surface area contributed by atoms with Gasteiger partial charge in [-0.05, 0) is 54.1 Å². The van der Waals surface area contributed by atoms with E-state index in [1.165, 1.54) is 26.4 Å². The van der Waals surface area contributed by atoms with Gasteiger partial charge in [0.1, 0.15) is 5.75 Å². The van der Waals surface area contributed by atoms with Gasteiger partial charge in [0.15, 0.2) is 18.1 Å². The van der Waals surface area contributed by atoms with Crippen LogP contribution in [0.3, 0.4) is 0 Å². The Kier molecular flexibility index (Phi) is 6.36. The monoisotopic (exact) mass is 572 g/mol. The predicted octanol–water partition coefficient (Wildman–Crippen LogP) is 2.95. The maximum absolute atomic E-state index is 13.9. The van der Waals surface area contributed by atoms with E-state index in [-0.39, 0.29) is 29.5 Å². The van der Waals surface area contributed by atoms with Crippen molar-refractivity contribution >= 4 is 54.0 Å². The number of benzene rings is 3. The Morgan fingerprint density at radius 3 is 2.46 bits per heavy atom. The van der Waals surface area contributed by atoms with E-state index in [0.717, 1.165) is 10.8 Å². The second-order valence-corrected chi connectivity index (χ2v) is 10.9. The number of nitrogens with one attached hydrogen (secondary N) is 1. The summed E-state index contributed by atoms with van der Waals surface area (Å²) in [5, 5.41) is 10.5. The lowest BCUT2D eigenvalue weighted by Gasteiger charge is -2.12. The number of ether oxygens (including phenoxy) is 3. The molecule has 1 amide bonds. The van der Waals surface area contributed by atoms with E-state index in [0.29, 0.717) is 50.1 Å². The number of sulfonamides is 1. The van der Waals surface area contributed by atoms with E-state index in [1.807, 2.05) is 6.07 Å². The second-order valence-electron chi connectivity index (χ2n) is 9.35. The van der Waals surface area contributed by atoms with Gasteiger partial charge >= 0.3 is 0 Å². The third kappa shape index (κ3) is 4.42. The Morgan fingerprint density at radius 2 is 1.76 bits per heavy atom. The van der Waals surface area contributed by atoms with Gasteiger partial charge in [0.05, 0.1) is 41.1 Å². The minimum absolute atomic E-state index is 0.00429. The lowest BCUT2D eigenvalue weighted by molar-refractivity contribution is -0.123. The minimum Gasteiger partial charge on any atom is -0.493 e. The number of hydrogen-bond donors (Lipinski definition) is 2. The van der Waals surface area contributed by atoms with Crippen molar-refractivity contribution in [2.24, 2.45) is 5.14 Å². The lowest BCUT2D eigenvalue weighted by atomic mass is 10.1. The molecule has 3 aromatic heterocycles. The Labute approximate surface area is 233 Å². The zero-order valence-electron chi connectivity index (χ0n) is 22.0. The normalized spacial score (nSPS) is 11.9. The molecule has 0 radical (unpaired) electrons. The lowest BCUT2D eigenvalue weighted by Crippen LogP contribution is -2.28. The summed E-state index contributed by atoms with van der Waals surface area (Å²) in [6.07, 6.45) is 1.69. The zero-order chi connectivity index (χ0) is 28.9. The first-order valence-corrected chi connectivity index (χ1v) is 14.0. The third-order valence-electron chi connectivity index (χ3n) is 6.98. The van der Waals surface area contributed by atoms with E-state index in [4.69, 9.17) is 19.3 Å². The second kappa shape index (κ2) is 9.91. The first-order valence-electron chi connectivity index (χ1n) is 12.5. The summed E-state index contributed by atoms with van der Waals surface area (Å²) in [4.78, 5) is 30.9. The van der Waals surface area contributed by atoms with Crippen LogP contribution in [0.2, 0.25) is 0 Å². The summed E-state index contributed by atoms with van der Waals surface area (Å²) in [6, 6.07) is 16.6. The molecule has 11 nitrogen and oxygen atoms in total. The number of carbonyl (C=O) groups excluding carboxylic acids is 1. The number of nitrogens with zero attached hydrogens (tertiary/aromatic N) is 2. The standard InChI is InChI=1S/C29H24N4O7S/c1-38-23-10-8-20-25(28(23)39-2)29(35)33-22-9-5-17(13-21(22)19-11-12-31-26(20)27(19)33)40-15-24(34)32-14-16-3-6-18(7-4-16)41(30,36)37/h3-13H,14-15H2,1-2H3,(H,32,34)(H2,30,36,37). The molecule has 0 atom stereocenters. The molecule has 6 aromatic rings. The molecule has 208 valence electrons. The van der Waals surface area contributed by atoms with Crippen molar-refractivity contribution in [1.82, 2.24) is 14.7 Å². The van der Waals surface area contributed by atoms with Crippen LogP contribution in [0.25, 0.3) is 38.1 Å². The molecule has 6 rings (SSSR count). The van der Waals surface area contributed by atoms with Crippen LogP contribution in [0.1, 0.15) is 5.56 Å². The van der Waals surface area contributed by atoms with Gasteiger partial charge in [-0.15, -0.1) is 0 Å². The Hall–Kier alpha value is -4.94. The average Bonchev–Trinajstić information content (AvgIpc) is 3.31. The molecule has 3 aromatic carbocycles. The van der Waals surface area contributed by atoms with E-state index >= 15 is 0 Å².